The van der Waals surface area contributed by atoms with Crippen molar-refractivity contribution in [2.24, 2.45) is 5.41 Å². The van der Waals surface area contributed by atoms with Gasteiger partial charge in [-0.1, -0.05) is 0 Å². The van der Waals surface area contributed by atoms with Crippen LogP contribution in [0.3, 0.4) is 0 Å². The van der Waals surface area contributed by atoms with Gasteiger partial charge in [0.1, 0.15) is 5.56 Å². The number of aryl methyl sites for hydroxylation is 2. The van der Waals surface area contributed by atoms with E-state index in [0.717, 1.165) is 43.4 Å². The van der Waals surface area contributed by atoms with Gasteiger partial charge in [-0.25, -0.2) is 0 Å². The number of pyridine rings is 1. The van der Waals surface area contributed by atoms with E-state index in [0.29, 0.717) is 25.9 Å². The molecule has 0 bridgehead atoms. The molecule has 4 N–H and O–H groups in total. The summed E-state index contributed by atoms with van der Waals surface area (Å²) in [6.45, 7) is 0.868. The van der Waals surface area contributed by atoms with Gasteiger partial charge in [0.2, 0.25) is 5.91 Å². The minimum Gasteiger partial charge on any atom is -0.483 e. The Labute approximate surface area is 168 Å². The predicted octanol–water partition coefficient (Wildman–Crippen LogP) is 0.0577. The Bertz CT molecular complexity index is 851. The largest absolute Gasteiger partial charge is 0.483 e. The highest BCUT2D eigenvalue weighted by molar-refractivity contribution is 5.95. The lowest BCUT2D eigenvalue weighted by Gasteiger charge is -2.46. The van der Waals surface area contributed by atoms with Crippen LogP contribution in [-0.4, -0.2) is 64.1 Å². The van der Waals surface area contributed by atoms with Crippen molar-refractivity contribution in [3.8, 4) is 0 Å². The summed E-state index contributed by atoms with van der Waals surface area (Å²) >= 11 is 0. The van der Waals surface area contributed by atoms with E-state index in [1.807, 2.05) is 0 Å². The van der Waals surface area contributed by atoms with Crippen LogP contribution in [0.25, 0.3) is 0 Å². The second kappa shape index (κ2) is 8.77. The van der Waals surface area contributed by atoms with E-state index < -0.39 is 11.5 Å². The van der Waals surface area contributed by atoms with Crippen LogP contribution < -0.4 is 10.9 Å². The average Bonchev–Trinajstić information content (AvgIpc) is 2.71. The van der Waals surface area contributed by atoms with Gasteiger partial charge < -0.3 is 25.4 Å². The maximum Gasteiger partial charge on any atom is 0.290 e. The summed E-state index contributed by atoms with van der Waals surface area (Å²) in [6.07, 6.45) is 4.77. The van der Waals surface area contributed by atoms with Crippen LogP contribution in [0.1, 0.15) is 53.7 Å². The fourth-order valence-corrected chi connectivity index (χ4v) is 4.62. The molecule has 1 aromatic heterocycles. The normalized spacial score (nSPS) is 26.0. The highest BCUT2D eigenvalue weighted by atomic mass is 16.3. The van der Waals surface area contributed by atoms with Gasteiger partial charge in [0.25, 0.3) is 17.9 Å². The lowest BCUT2D eigenvalue weighted by Crippen LogP contribution is -2.62. The second-order valence-corrected chi connectivity index (χ2v) is 7.88. The van der Waals surface area contributed by atoms with E-state index in [1.165, 1.54) is 0 Å². The minimum atomic E-state index is -0.951. The number of amides is 2. The van der Waals surface area contributed by atoms with Gasteiger partial charge in [-0.3, -0.25) is 19.2 Å². The zero-order valence-corrected chi connectivity index (χ0v) is 16.3. The van der Waals surface area contributed by atoms with Crippen molar-refractivity contribution in [2.45, 2.75) is 51.0 Å². The number of fused-ring (bicyclic) bond motifs is 1. The Morgan fingerprint density at radius 1 is 1.24 bits per heavy atom. The molecule has 3 aliphatic rings. The van der Waals surface area contributed by atoms with Gasteiger partial charge in [-0.15, -0.1) is 0 Å². The molecule has 0 saturated carbocycles. The molecule has 2 saturated heterocycles. The fraction of sp³-hybridized carbons (Fsp3) is 0.600. The summed E-state index contributed by atoms with van der Waals surface area (Å²) in [5.41, 5.74) is 0.821. The Hall–Kier alpha value is -2.68. The SMILES string of the molecule is O=C(c1cc2c([nH]c1=O)CCCC2)N1CC[C@@H](O)[C@@]2(CCCNC2=O)C1.O=CO. The van der Waals surface area contributed by atoms with Crippen LogP contribution in [0.15, 0.2) is 10.9 Å². The van der Waals surface area contributed by atoms with Crippen LogP contribution in [-0.2, 0) is 22.4 Å². The first-order valence-electron chi connectivity index (χ1n) is 10.0. The molecule has 2 amide bonds. The first kappa shape index (κ1) is 21.0. The first-order valence-corrected chi connectivity index (χ1v) is 10.0. The summed E-state index contributed by atoms with van der Waals surface area (Å²) in [4.78, 5) is 50.7. The lowest BCUT2D eigenvalue weighted by atomic mass is 9.71. The smallest absolute Gasteiger partial charge is 0.290 e. The van der Waals surface area contributed by atoms with Crippen molar-refractivity contribution in [3.63, 3.8) is 0 Å². The molecule has 9 heteroatoms. The Morgan fingerprint density at radius 2 is 1.97 bits per heavy atom. The molecule has 0 radical (unpaired) electrons. The summed E-state index contributed by atoms with van der Waals surface area (Å²) in [7, 11) is 0. The molecule has 2 aliphatic heterocycles. The molecule has 2 fully saturated rings. The molecule has 9 nitrogen and oxygen atoms in total. The van der Waals surface area contributed by atoms with Gasteiger partial charge in [0.05, 0.1) is 11.5 Å². The minimum absolute atomic E-state index is 0.147. The molecule has 29 heavy (non-hydrogen) atoms. The third-order valence-electron chi connectivity index (χ3n) is 6.18. The number of aliphatic hydroxyl groups is 1. The molecule has 3 heterocycles. The van der Waals surface area contributed by atoms with Gasteiger partial charge in [0, 0.05) is 25.3 Å². The van der Waals surface area contributed by atoms with Crippen molar-refractivity contribution in [1.29, 1.82) is 0 Å². The van der Waals surface area contributed by atoms with Crippen LogP contribution in [0.4, 0.5) is 0 Å². The number of H-pyrrole nitrogens is 1. The third-order valence-corrected chi connectivity index (χ3v) is 6.18. The molecule has 0 aromatic carbocycles. The second-order valence-electron chi connectivity index (χ2n) is 7.88. The molecule has 1 aromatic rings. The van der Waals surface area contributed by atoms with Crippen molar-refractivity contribution >= 4 is 18.3 Å². The van der Waals surface area contributed by atoms with Crippen molar-refractivity contribution < 1.29 is 24.6 Å². The van der Waals surface area contributed by atoms with E-state index in [4.69, 9.17) is 9.90 Å². The fourth-order valence-electron chi connectivity index (χ4n) is 4.62. The average molecular weight is 405 g/mol. The molecule has 1 spiro atoms. The van der Waals surface area contributed by atoms with E-state index in [2.05, 4.69) is 10.3 Å². The topological polar surface area (TPSA) is 140 Å². The molecular weight excluding hydrogens is 378 g/mol. The van der Waals surface area contributed by atoms with Crippen LogP contribution in [0.2, 0.25) is 0 Å². The van der Waals surface area contributed by atoms with Crippen LogP contribution in [0, 0.1) is 5.41 Å². The highest BCUT2D eigenvalue weighted by Gasteiger charge is 2.50. The maximum atomic E-state index is 13.0. The van der Waals surface area contributed by atoms with E-state index in [1.54, 1.807) is 11.0 Å². The molecule has 4 rings (SSSR count). The van der Waals surface area contributed by atoms with Crippen LogP contribution >= 0.6 is 0 Å². The monoisotopic (exact) mass is 405 g/mol. The number of piperidine rings is 2. The standard InChI is InChI=1S/C19H25N3O4.CH2O2/c23-15-6-9-22(11-19(15)7-3-8-20-18(19)26)17(25)13-10-12-4-1-2-5-14(12)21-16(13)24;2-1-3/h10,15,23H,1-9,11H2,(H,20,26)(H,21,24);1H,(H,2,3)/t15-,19-;/m1./s1. The molecular formula is C20H27N3O6. The number of hydrogen-bond donors (Lipinski definition) is 4. The van der Waals surface area contributed by atoms with Crippen LogP contribution in [0.5, 0.6) is 0 Å². The number of carbonyl (C=O) groups is 3. The number of rotatable bonds is 1. The molecule has 0 unspecified atom stereocenters. The molecule has 158 valence electrons. The Morgan fingerprint density at radius 3 is 2.69 bits per heavy atom. The number of carbonyl (C=O) groups excluding carboxylic acids is 2. The summed E-state index contributed by atoms with van der Waals surface area (Å²) in [5, 5.41) is 20.2. The number of likely N-dealkylation sites (tertiary alicyclic amines) is 1. The van der Waals surface area contributed by atoms with E-state index in [9.17, 15) is 19.5 Å². The van der Waals surface area contributed by atoms with Crippen molar-refractivity contribution in [1.82, 2.24) is 15.2 Å². The van der Waals surface area contributed by atoms with Gasteiger partial charge in [0.15, 0.2) is 0 Å². The first-order chi connectivity index (χ1) is 13.9. The summed E-state index contributed by atoms with van der Waals surface area (Å²) in [6, 6.07) is 1.73. The number of aromatic nitrogens is 1. The highest BCUT2D eigenvalue weighted by Crippen LogP contribution is 2.37. The van der Waals surface area contributed by atoms with E-state index >= 15 is 0 Å². The summed E-state index contributed by atoms with van der Waals surface area (Å²) in [5.74, 6) is -0.530. The van der Waals surface area contributed by atoms with Gasteiger partial charge in [-0.05, 0) is 56.6 Å². The quantitative estimate of drug-likeness (QED) is 0.487. The van der Waals surface area contributed by atoms with Crippen molar-refractivity contribution in [2.75, 3.05) is 19.6 Å². The van der Waals surface area contributed by atoms with E-state index in [-0.39, 0.29) is 36.0 Å². The summed E-state index contributed by atoms with van der Waals surface area (Å²) < 4.78 is 0. The Balaban J connectivity index is 0.000000755. The number of carboxylic acid groups (broad SMARTS) is 1. The molecule has 2 atom stereocenters. The third kappa shape index (κ3) is 4.05. The number of aliphatic hydroxyl groups excluding tert-OH is 1. The molecule has 1 aliphatic carbocycles. The number of nitrogens with zero attached hydrogens (tertiary/aromatic N) is 1. The Kier molecular flexibility index (Phi) is 6.36. The lowest BCUT2D eigenvalue weighted by molar-refractivity contribution is -0.147. The maximum absolute atomic E-state index is 13.0. The number of aromatic amines is 1. The van der Waals surface area contributed by atoms with Gasteiger partial charge in [-0.2, -0.15) is 0 Å². The van der Waals surface area contributed by atoms with Gasteiger partial charge >= 0.3 is 0 Å². The zero-order chi connectivity index (χ0) is 21.0. The number of hydrogen-bond acceptors (Lipinski definition) is 5. The number of nitrogens with one attached hydrogen (secondary N) is 2. The predicted molar refractivity (Wildman–Crippen MR) is 104 cm³/mol. The van der Waals surface area contributed by atoms with Crippen molar-refractivity contribution in [3.05, 3.63) is 33.2 Å². The zero-order valence-electron chi connectivity index (χ0n) is 16.3.